The zero-order valence-electron chi connectivity index (χ0n) is 14.5. The van der Waals surface area contributed by atoms with Gasteiger partial charge in [-0.15, -0.1) is 0 Å². The maximum Gasteiger partial charge on any atom is 0.146 e. The van der Waals surface area contributed by atoms with Gasteiger partial charge in [0.05, 0.1) is 24.4 Å². The number of hydrogen-bond acceptors (Lipinski definition) is 4. The van der Waals surface area contributed by atoms with E-state index >= 15 is 0 Å². The summed E-state index contributed by atoms with van der Waals surface area (Å²) in [6, 6.07) is 10.9. The maximum atomic E-state index is 13.9. The summed E-state index contributed by atoms with van der Waals surface area (Å²) in [4.78, 5) is 4.46. The number of nitrogens with zero attached hydrogens (tertiary/aromatic N) is 2. The van der Waals surface area contributed by atoms with Gasteiger partial charge < -0.3 is 14.4 Å². The van der Waals surface area contributed by atoms with E-state index in [1.54, 1.807) is 20.3 Å². The second-order valence-corrected chi connectivity index (χ2v) is 6.87. The molecule has 25 heavy (non-hydrogen) atoms. The van der Waals surface area contributed by atoms with Gasteiger partial charge in [-0.25, -0.2) is 4.39 Å². The summed E-state index contributed by atoms with van der Waals surface area (Å²) < 4.78 is 25.7. The van der Waals surface area contributed by atoms with Crippen molar-refractivity contribution in [3.63, 3.8) is 0 Å². The number of methoxy groups -OCH3 is 2. The smallest absolute Gasteiger partial charge is 0.146 e. The molecule has 0 atom stereocenters. The van der Waals surface area contributed by atoms with Crippen LogP contribution in [0.5, 0.6) is 11.5 Å². The Balaban J connectivity index is 1.66. The Labute approximate surface area is 156 Å². The van der Waals surface area contributed by atoms with Crippen molar-refractivity contribution in [2.24, 2.45) is 0 Å². The average molecular weight is 409 g/mol. The van der Waals surface area contributed by atoms with Crippen molar-refractivity contribution in [3.05, 3.63) is 52.3 Å². The lowest BCUT2D eigenvalue weighted by Gasteiger charge is -2.36. The summed E-state index contributed by atoms with van der Waals surface area (Å²) in [7, 11) is 3.31. The molecule has 0 aromatic heterocycles. The van der Waals surface area contributed by atoms with E-state index in [0.717, 1.165) is 54.3 Å². The molecular weight excluding hydrogens is 387 g/mol. The standard InChI is InChI=1S/C19H22BrFN2O2/c1-24-18-12-19(25-2)15(20)11-14(18)13-22-7-9-23(10-8-22)17-6-4-3-5-16(17)21/h3-6,11-12H,7-10,13H2,1-2H3. The third-order valence-corrected chi connectivity index (χ3v) is 5.13. The third-order valence-electron chi connectivity index (χ3n) is 4.51. The molecule has 0 radical (unpaired) electrons. The lowest BCUT2D eigenvalue weighted by Crippen LogP contribution is -2.46. The van der Waals surface area contributed by atoms with Gasteiger partial charge in [0.25, 0.3) is 0 Å². The number of benzene rings is 2. The number of ether oxygens (including phenoxy) is 2. The fraction of sp³-hybridized carbons (Fsp3) is 0.368. The Morgan fingerprint density at radius 3 is 2.32 bits per heavy atom. The van der Waals surface area contributed by atoms with Crippen LogP contribution in [0.25, 0.3) is 0 Å². The molecule has 0 unspecified atom stereocenters. The maximum absolute atomic E-state index is 13.9. The van der Waals surface area contributed by atoms with Gasteiger partial charge in [0, 0.05) is 44.4 Å². The number of anilines is 1. The van der Waals surface area contributed by atoms with E-state index in [0.29, 0.717) is 5.69 Å². The van der Waals surface area contributed by atoms with Crippen molar-refractivity contribution < 1.29 is 13.9 Å². The van der Waals surface area contributed by atoms with Crippen LogP contribution in [0.1, 0.15) is 5.56 Å². The highest BCUT2D eigenvalue weighted by Crippen LogP contribution is 2.33. The first-order valence-electron chi connectivity index (χ1n) is 8.24. The summed E-state index contributed by atoms with van der Waals surface area (Å²) in [6.07, 6.45) is 0. The normalized spacial score (nSPS) is 15.3. The van der Waals surface area contributed by atoms with E-state index in [-0.39, 0.29) is 5.82 Å². The molecule has 1 saturated heterocycles. The van der Waals surface area contributed by atoms with Crippen LogP contribution >= 0.6 is 15.9 Å². The van der Waals surface area contributed by atoms with Gasteiger partial charge in [0.2, 0.25) is 0 Å². The SMILES string of the molecule is COc1cc(OC)c(CN2CCN(c3ccccc3F)CC2)cc1Br. The molecule has 0 amide bonds. The summed E-state index contributed by atoms with van der Waals surface area (Å²) >= 11 is 3.53. The fourth-order valence-corrected chi connectivity index (χ4v) is 3.69. The Kier molecular flexibility index (Phi) is 5.81. The van der Waals surface area contributed by atoms with Crippen molar-refractivity contribution in [3.8, 4) is 11.5 Å². The number of hydrogen-bond donors (Lipinski definition) is 0. The molecule has 0 bridgehead atoms. The lowest BCUT2D eigenvalue weighted by molar-refractivity contribution is 0.245. The van der Waals surface area contributed by atoms with E-state index in [9.17, 15) is 4.39 Å². The Bertz CT molecular complexity index is 733. The van der Waals surface area contributed by atoms with Crippen LogP contribution in [0.3, 0.4) is 0 Å². The van der Waals surface area contributed by atoms with Crippen LogP contribution in [-0.4, -0.2) is 45.3 Å². The molecule has 0 N–H and O–H groups in total. The Morgan fingerprint density at radius 1 is 1.00 bits per heavy atom. The first-order valence-corrected chi connectivity index (χ1v) is 9.04. The molecule has 6 heteroatoms. The number of rotatable bonds is 5. The molecule has 1 aliphatic heterocycles. The van der Waals surface area contributed by atoms with Gasteiger partial charge in [-0.2, -0.15) is 0 Å². The number of para-hydroxylation sites is 1. The van der Waals surface area contributed by atoms with Crippen molar-refractivity contribution in [2.75, 3.05) is 45.3 Å². The van der Waals surface area contributed by atoms with Crippen molar-refractivity contribution in [1.29, 1.82) is 0 Å². The zero-order valence-corrected chi connectivity index (χ0v) is 16.1. The summed E-state index contributed by atoms with van der Waals surface area (Å²) in [6.45, 7) is 4.15. The van der Waals surface area contributed by atoms with Crippen LogP contribution < -0.4 is 14.4 Å². The highest BCUT2D eigenvalue weighted by atomic mass is 79.9. The largest absolute Gasteiger partial charge is 0.496 e. The number of halogens is 2. The van der Waals surface area contributed by atoms with Crippen LogP contribution in [0.15, 0.2) is 40.9 Å². The van der Waals surface area contributed by atoms with Gasteiger partial charge in [-0.05, 0) is 34.1 Å². The van der Waals surface area contributed by atoms with Crippen molar-refractivity contribution in [2.45, 2.75) is 6.54 Å². The van der Waals surface area contributed by atoms with Crippen LogP contribution in [0, 0.1) is 5.82 Å². The molecule has 0 spiro atoms. The van der Waals surface area contributed by atoms with Crippen LogP contribution in [0.2, 0.25) is 0 Å². The predicted octanol–water partition coefficient (Wildman–Crippen LogP) is 3.93. The fourth-order valence-electron chi connectivity index (χ4n) is 3.14. The minimum Gasteiger partial charge on any atom is -0.496 e. The molecule has 1 fully saturated rings. The molecule has 2 aromatic carbocycles. The van der Waals surface area contributed by atoms with E-state index < -0.39 is 0 Å². The van der Waals surface area contributed by atoms with Gasteiger partial charge in [-0.1, -0.05) is 12.1 Å². The first-order chi connectivity index (χ1) is 12.1. The minimum atomic E-state index is -0.156. The molecule has 134 valence electrons. The quantitative estimate of drug-likeness (QED) is 0.748. The van der Waals surface area contributed by atoms with Gasteiger partial charge in [0.1, 0.15) is 17.3 Å². The summed E-state index contributed by atoms with van der Waals surface area (Å²) in [5.41, 5.74) is 1.79. The second kappa shape index (κ2) is 8.06. The van der Waals surface area contributed by atoms with Crippen molar-refractivity contribution >= 4 is 21.6 Å². The minimum absolute atomic E-state index is 0.156. The molecule has 2 aromatic rings. The summed E-state index contributed by atoms with van der Waals surface area (Å²) in [5.74, 6) is 1.42. The zero-order chi connectivity index (χ0) is 17.8. The average Bonchev–Trinajstić information content (AvgIpc) is 2.63. The van der Waals surface area contributed by atoms with Crippen LogP contribution in [0.4, 0.5) is 10.1 Å². The molecule has 3 rings (SSSR count). The van der Waals surface area contributed by atoms with Crippen LogP contribution in [-0.2, 0) is 6.54 Å². The van der Waals surface area contributed by atoms with E-state index in [1.165, 1.54) is 6.07 Å². The van der Waals surface area contributed by atoms with E-state index in [2.05, 4.69) is 25.7 Å². The first kappa shape index (κ1) is 18.0. The Morgan fingerprint density at radius 2 is 1.68 bits per heavy atom. The molecule has 1 heterocycles. The lowest BCUT2D eigenvalue weighted by atomic mass is 10.1. The summed E-state index contributed by atoms with van der Waals surface area (Å²) in [5, 5.41) is 0. The van der Waals surface area contributed by atoms with E-state index in [1.807, 2.05) is 24.3 Å². The molecule has 4 nitrogen and oxygen atoms in total. The van der Waals surface area contributed by atoms with Gasteiger partial charge in [-0.3, -0.25) is 4.90 Å². The molecule has 0 aliphatic carbocycles. The predicted molar refractivity (Wildman–Crippen MR) is 101 cm³/mol. The van der Waals surface area contributed by atoms with Gasteiger partial charge >= 0.3 is 0 Å². The third kappa shape index (κ3) is 4.07. The second-order valence-electron chi connectivity index (χ2n) is 6.01. The topological polar surface area (TPSA) is 24.9 Å². The van der Waals surface area contributed by atoms with E-state index in [4.69, 9.17) is 9.47 Å². The van der Waals surface area contributed by atoms with Gasteiger partial charge in [0.15, 0.2) is 0 Å². The highest BCUT2D eigenvalue weighted by Gasteiger charge is 2.21. The monoisotopic (exact) mass is 408 g/mol. The molecular formula is C19H22BrFN2O2. The molecule has 0 saturated carbocycles. The molecule has 1 aliphatic rings. The highest BCUT2D eigenvalue weighted by molar-refractivity contribution is 9.10. The van der Waals surface area contributed by atoms with Crippen molar-refractivity contribution in [1.82, 2.24) is 4.90 Å². The number of piperazine rings is 1. The Hall–Kier alpha value is -1.79.